The Labute approximate surface area is 54.5 Å². The van der Waals surface area contributed by atoms with E-state index in [1.165, 1.54) is 6.21 Å². The Bertz CT molecular complexity index is 215. The molecule has 1 aliphatic rings. The molecule has 1 aliphatic heterocycles. The van der Waals surface area contributed by atoms with Gasteiger partial charge in [-0.2, -0.15) is 0 Å². The predicted octanol–water partition coefficient (Wildman–Crippen LogP) is 0.510. The number of nitrogens with zero attached hydrogens (tertiary/aromatic N) is 1. The van der Waals surface area contributed by atoms with E-state index in [2.05, 4.69) is 16.8 Å². The molecule has 0 fully saturated rings. The lowest BCUT2D eigenvalue weighted by Crippen LogP contribution is -1.94. The number of hydrogen-bond donors (Lipinski definition) is 1. The largest absolute Gasteiger partial charge is 0.384 e. The Morgan fingerprint density at radius 1 is 1.78 bits per heavy atom. The molecule has 9 heavy (non-hydrogen) atoms. The predicted molar refractivity (Wildman–Crippen MR) is 37.7 cm³/mol. The quantitative estimate of drug-likeness (QED) is 0.465. The fourth-order valence-electron chi connectivity index (χ4n) is 0.616. The highest BCUT2D eigenvalue weighted by Gasteiger charge is 1.93. The highest BCUT2D eigenvalue weighted by molar-refractivity contribution is 5.79. The van der Waals surface area contributed by atoms with Gasteiger partial charge < -0.3 is 5.73 Å². The van der Waals surface area contributed by atoms with Gasteiger partial charge >= 0.3 is 0 Å². The molecule has 0 spiro atoms. The first-order valence-corrected chi connectivity index (χ1v) is 2.80. The lowest BCUT2D eigenvalue weighted by atomic mass is 10.2. The smallest absolute Gasteiger partial charge is 0.121 e. The standard InChI is InChI=1S/C7H8N2/c1-6-3-2-4-9-7(8)5-6/h4-6H,8H2,1H3. The molecular weight excluding hydrogens is 112 g/mol. The number of allylic oxidation sites excluding steroid dienone is 1. The SMILES string of the molecule is CC1C#CC=NC(N)=C1. The minimum Gasteiger partial charge on any atom is -0.384 e. The number of hydrogen-bond acceptors (Lipinski definition) is 2. The van der Waals surface area contributed by atoms with E-state index in [1.807, 2.05) is 13.0 Å². The maximum Gasteiger partial charge on any atom is 0.121 e. The van der Waals surface area contributed by atoms with E-state index >= 15 is 0 Å². The Hall–Kier alpha value is -1.23. The average Bonchev–Trinajstić information content (AvgIpc) is 1.93. The first-order chi connectivity index (χ1) is 4.29. The van der Waals surface area contributed by atoms with Crippen molar-refractivity contribution in [2.75, 3.05) is 0 Å². The first kappa shape index (κ1) is 5.90. The van der Waals surface area contributed by atoms with Gasteiger partial charge in [0.25, 0.3) is 0 Å². The van der Waals surface area contributed by atoms with Gasteiger partial charge in [0.05, 0.1) is 6.21 Å². The Morgan fingerprint density at radius 3 is 3.33 bits per heavy atom. The Kier molecular flexibility index (Phi) is 1.55. The molecule has 46 valence electrons. The van der Waals surface area contributed by atoms with Crippen LogP contribution in [0.15, 0.2) is 16.9 Å². The summed E-state index contributed by atoms with van der Waals surface area (Å²) < 4.78 is 0. The van der Waals surface area contributed by atoms with Crippen LogP contribution in [0, 0.1) is 17.8 Å². The van der Waals surface area contributed by atoms with Crippen molar-refractivity contribution in [2.45, 2.75) is 6.92 Å². The van der Waals surface area contributed by atoms with Crippen LogP contribution in [0.1, 0.15) is 6.92 Å². The zero-order chi connectivity index (χ0) is 6.69. The molecule has 2 N–H and O–H groups in total. The fourth-order valence-corrected chi connectivity index (χ4v) is 0.616. The van der Waals surface area contributed by atoms with Crippen LogP contribution >= 0.6 is 0 Å². The zero-order valence-corrected chi connectivity index (χ0v) is 5.26. The van der Waals surface area contributed by atoms with Crippen molar-refractivity contribution < 1.29 is 0 Å². The molecule has 0 aromatic heterocycles. The number of rotatable bonds is 0. The van der Waals surface area contributed by atoms with E-state index in [0.717, 1.165) is 0 Å². The normalized spacial score (nSPS) is 23.7. The molecule has 0 saturated heterocycles. The molecule has 1 heterocycles. The van der Waals surface area contributed by atoms with Crippen LogP contribution in [0.5, 0.6) is 0 Å². The minimum atomic E-state index is 0.229. The minimum absolute atomic E-state index is 0.229. The van der Waals surface area contributed by atoms with Crippen LogP contribution in [0.3, 0.4) is 0 Å². The third-order valence-corrected chi connectivity index (χ3v) is 1.01. The highest BCUT2D eigenvalue weighted by Crippen LogP contribution is 1.99. The van der Waals surface area contributed by atoms with Crippen molar-refractivity contribution in [3.05, 3.63) is 11.9 Å². The summed E-state index contributed by atoms with van der Waals surface area (Å²) in [6.45, 7) is 1.98. The van der Waals surface area contributed by atoms with Crippen LogP contribution in [-0.2, 0) is 0 Å². The van der Waals surface area contributed by atoms with Gasteiger partial charge in [0.2, 0.25) is 0 Å². The second-order valence-electron chi connectivity index (χ2n) is 1.93. The topological polar surface area (TPSA) is 38.4 Å². The zero-order valence-electron chi connectivity index (χ0n) is 5.26. The van der Waals surface area contributed by atoms with Crippen LogP contribution in [0.2, 0.25) is 0 Å². The molecule has 2 heteroatoms. The van der Waals surface area contributed by atoms with Crippen molar-refractivity contribution in [3.63, 3.8) is 0 Å². The van der Waals surface area contributed by atoms with Crippen molar-refractivity contribution in [1.29, 1.82) is 0 Å². The van der Waals surface area contributed by atoms with Crippen molar-refractivity contribution in [1.82, 2.24) is 0 Å². The van der Waals surface area contributed by atoms with Crippen LogP contribution in [-0.4, -0.2) is 6.21 Å². The fraction of sp³-hybridized carbons (Fsp3) is 0.286. The number of nitrogens with two attached hydrogens (primary N) is 1. The lowest BCUT2D eigenvalue weighted by molar-refractivity contribution is 0.957. The third kappa shape index (κ3) is 1.61. The van der Waals surface area contributed by atoms with Gasteiger partial charge in [-0.25, -0.2) is 4.99 Å². The van der Waals surface area contributed by atoms with Gasteiger partial charge in [0, 0.05) is 5.92 Å². The van der Waals surface area contributed by atoms with Gasteiger partial charge in [-0.15, -0.1) is 0 Å². The maximum absolute atomic E-state index is 5.41. The molecule has 1 atom stereocenters. The van der Waals surface area contributed by atoms with Gasteiger partial charge in [-0.05, 0) is 13.0 Å². The Morgan fingerprint density at radius 2 is 2.56 bits per heavy atom. The summed E-state index contributed by atoms with van der Waals surface area (Å²) in [6.07, 6.45) is 3.35. The van der Waals surface area contributed by atoms with Gasteiger partial charge in [0.15, 0.2) is 0 Å². The van der Waals surface area contributed by atoms with Crippen LogP contribution in [0.4, 0.5) is 0 Å². The molecule has 0 aromatic carbocycles. The van der Waals surface area contributed by atoms with E-state index in [-0.39, 0.29) is 5.92 Å². The maximum atomic E-state index is 5.41. The van der Waals surface area contributed by atoms with Crippen molar-refractivity contribution in [3.8, 4) is 11.8 Å². The third-order valence-electron chi connectivity index (χ3n) is 1.01. The van der Waals surface area contributed by atoms with Crippen LogP contribution < -0.4 is 5.73 Å². The average molecular weight is 120 g/mol. The monoisotopic (exact) mass is 120 g/mol. The molecule has 0 aromatic rings. The van der Waals surface area contributed by atoms with Crippen molar-refractivity contribution in [2.24, 2.45) is 16.6 Å². The van der Waals surface area contributed by atoms with E-state index in [0.29, 0.717) is 5.82 Å². The molecule has 2 nitrogen and oxygen atoms in total. The Balaban J connectivity index is 2.83. The van der Waals surface area contributed by atoms with Crippen molar-refractivity contribution >= 4 is 6.21 Å². The van der Waals surface area contributed by atoms with Gasteiger partial charge in [-0.3, -0.25) is 0 Å². The molecule has 0 saturated carbocycles. The molecule has 0 amide bonds. The van der Waals surface area contributed by atoms with E-state index in [9.17, 15) is 0 Å². The summed E-state index contributed by atoms with van der Waals surface area (Å²) in [4.78, 5) is 3.81. The summed E-state index contributed by atoms with van der Waals surface area (Å²) in [7, 11) is 0. The van der Waals surface area contributed by atoms with E-state index in [4.69, 9.17) is 5.73 Å². The summed E-state index contributed by atoms with van der Waals surface area (Å²) in [5.41, 5.74) is 5.41. The summed E-state index contributed by atoms with van der Waals surface area (Å²) in [6, 6.07) is 0. The summed E-state index contributed by atoms with van der Waals surface area (Å²) in [5.74, 6) is 6.44. The first-order valence-electron chi connectivity index (χ1n) is 2.80. The molecule has 1 unspecified atom stereocenters. The highest BCUT2D eigenvalue weighted by atomic mass is 14.9. The van der Waals surface area contributed by atoms with E-state index in [1.54, 1.807) is 0 Å². The molecular formula is C7H8N2. The molecule has 0 radical (unpaired) electrons. The van der Waals surface area contributed by atoms with Crippen LogP contribution in [0.25, 0.3) is 0 Å². The molecule has 0 bridgehead atoms. The van der Waals surface area contributed by atoms with Gasteiger partial charge in [-0.1, -0.05) is 11.8 Å². The molecule has 0 aliphatic carbocycles. The summed E-state index contributed by atoms with van der Waals surface area (Å²) >= 11 is 0. The van der Waals surface area contributed by atoms with E-state index < -0.39 is 0 Å². The second-order valence-corrected chi connectivity index (χ2v) is 1.93. The van der Waals surface area contributed by atoms with Gasteiger partial charge in [0.1, 0.15) is 5.82 Å². The second kappa shape index (κ2) is 2.36. The molecule has 1 rings (SSSR count). The number of aliphatic imine (C=N–C) groups is 1. The lowest BCUT2D eigenvalue weighted by Gasteiger charge is -1.91. The summed E-state index contributed by atoms with van der Waals surface area (Å²) in [5, 5.41) is 0.